The van der Waals surface area contributed by atoms with Crippen LogP contribution in [0, 0.1) is 5.92 Å². The first kappa shape index (κ1) is 28.5. The maximum Gasteiger partial charge on any atom is 0.244 e. The van der Waals surface area contributed by atoms with Gasteiger partial charge in [0.25, 0.3) is 0 Å². The van der Waals surface area contributed by atoms with Gasteiger partial charge in [-0.2, -0.15) is 0 Å². The number of ether oxygens (including phenoxy) is 1. The second-order valence-electron chi connectivity index (χ2n) is 8.65. The third-order valence-corrected chi connectivity index (χ3v) is 6.75. The molecule has 0 saturated carbocycles. The molecule has 0 aliphatic carbocycles. The monoisotopic (exact) mass is 523 g/mol. The Hall–Kier alpha value is -2.78. The van der Waals surface area contributed by atoms with Gasteiger partial charge >= 0.3 is 0 Å². The van der Waals surface area contributed by atoms with Crippen molar-refractivity contribution in [1.82, 2.24) is 10.2 Å². The topological polar surface area (TPSA) is 96.0 Å². The Labute approximate surface area is 213 Å². The van der Waals surface area contributed by atoms with E-state index in [1.54, 1.807) is 48.5 Å². The van der Waals surface area contributed by atoms with Crippen LogP contribution < -0.4 is 14.4 Å². The number of rotatable bonds is 12. The van der Waals surface area contributed by atoms with Gasteiger partial charge in [0.1, 0.15) is 18.3 Å². The number of methoxy groups -OCH3 is 1. The number of halogens is 1. The van der Waals surface area contributed by atoms with Crippen molar-refractivity contribution < 1.29 is 22.7 Å². The van der Waals surface area contributed by atoms with Crippen LogP contribution in [0.1, 0.15) is 32.8 Å². The van der Waals surface area contributed by atoms with Gasteiger partial charge in [-0.1, -0.05) is 56.6 Å². The Balaban J connectivity index is 2.44. The van der Waals surface area contributed by atoms with Crippen LogP contribution in [0.25, 0.3) is 0 Å². The van der Waals surface area contributed by atoms with Gasteiger partial charge in [-0.05, 0) is 42.2 Å². The molecule has 1 unspecified atom stereocenters. The van der Waals surface area contributed by atoms with Crippen molar-refractivity contribution >= 4 is 39.1 Å². The van der Waals surface area contributed by atoms with Crippen molar-refractivity contribution in [1.29, 1.82) is 0 Å². The molecule has 0 radical (unpaired) electrons. The highest BCUT2D eigenvalue weighted by Crippen LogP contribution is 2.29. The highest BCUT2D eigenvalue weighted by Gasteiger charge is 2.32. The number of para-hydroxylation sites is 2. The zero-order valence-electron chi connectivity index (χ0n) is 20.8. The molecule has 0 fully saturated rings. The predicted molar refractivity (Wildman–Crippen MR) is 139 cm³/mol. The van der Waals surface area contributed by atoms with Crippen LogP contribution in [0.15, 0.2) is 48.5 Å². The fourth-order valence-electron chi connectivity index (χ4n) is 3.56. The molecule has 0 heterocycles. The summed E-state index contributed by atoms with van der Waals surface area (Å²) in [4.78, 5) is 28.1. The Morgan fingerprint density at radius 2 is 1.71 bits per heavy atom. The molecule has 8 nitrogen and oxygen atoms in total. The summed E-state index contributed by atoms with van der Waals surface area (Å²) in [5, 5.41) is 3.44. The summed E-state index contributed by atoms with van der Waals surface area (Å²) < 4.78 is 31.7. The van der Waals surface area contributed by atoms with Gasteiger partial charge < -0.3 is 15.0 Å². The summed E-state index contributed by atoms with van der Waals surface area (Å²) in [5.41, 5.74) is 1.01. The van der Waals surface area contributed by atoms with Gasteiger partial charge in [0.15, 0.2) is 0 Å². The number of amides is 2. The maximum atomic E-state index is 13.7. The van der Waals surface area contributed by atoms with E-state index in [0.29, 0.717) is 23.7 Å². The zero-order chi connectivity index (χ0) is 26.2. The smallest absolute Gasteiger partial charge is 0.244 e. The first-order valence-corrected chi connectivity index (χ1v) is 13.6. The lowest BCUT2D eigenvalue weighted by Crippen LogP contribution is -2.52. The van der Waals surface area contributed by atoms with Crippen LogP contribution in [-0.4, -0.2) is 57.6 Å². The molecule has 0 aliphatic heterocycles. The lowest BCUT2D eigenvalue weighted by Gasteiger charge is -2.33. The normalized spacial score (nSPS) is 12.2. The first-order chi connectivity index (χ1) is 16.5. The van der Waals surface area contributed by atoms with E-state index >= 15 is 0 Å². The third kappa shape index (κ3) is 8.14. The second-order valence-corrected chi connectivity index (χ2v) is 11.0. The van der Waals surface area contributed by atoms with E-state index in [9.17, 15) is 18.0 Å². The molecule has 1 atom stereocenters. The van der Waals surface area contributed by atoms with Gasteiger partial charge in [0.05, 0.1) is 19.1 Å². The van der Waals surface area contributed by atoms with Crippen LogP contribution in [-0.2, 0) is 26.2 Å². The lowest BCUT2D eigenvalue weighted by molar-refractivity contribution is -0.140. The van der Waals surface area contributed by atoms with Gasteiger partial charge in [0.2, 0.25) is 21.8 Å². The average molecular weight is 524 g/mol. The average Bonchev–Trinajstić information content (AvgIpc) is 2.81. The second kappa shape index (κ2) is 12.8. The Bertz CT molecular complexity index is 1110. The molecule has 1 N–H and O–H groups in total. The van der Waals surface area contributed by atoms with E-state index in [2.05, 4.69) is 5.32 Å². The van der Waals surface area contributed by atoms with Crippen LogP contribution in [0.3, 0.4) is 0 Å². The van der Waals surface area contributed by atoms with E-state index in [1.165, 1.54) is 12.0 Å². The van der Waals surface area contributed by atoms with Crippen LogP contribution in [0.4, 0.5) is 5.69 Å². The number of carbonyl (C=O) groups excluding carboxylic acids is 2. The number of nitrogens with zero attached hydrogens (tertiary/aromatic N) is 2. The zero-order valence-corrected chi connectivity index (χ0v) is 22.4. The molecule has 0 bridgehead atoms. The van der Waals surface area contributed by atoms with Crippen molar-refractivity contribution in [3.63, 3.8) is 0 Å². The van der Waals surface area contributed by atoms with E-state index < -0.39 is 28.5 Å². The minimum Gasteiger partial charge on any atom is -0.495 e. The minimum absolute atomic E-state index is 0.118. The van der Waals surface area contributed by atoms with E-state index in [-0.39, 0.29) is 24.1 Å². The van der Waals surface area contributed by atoms with Crippen molar-refractivity contribution in [2.75, 3.05) is 30.8 Å². The third-order valence-electron chi connectivity index (χ3n) is 5.37. The number of carbonyl (C=O) groups is 2. The summed E-state index contributed by atoms with van der Waals surface area (Å²) in [6, 6.07) is 12.8. The molecule has 10 heteroatoms. The number of nitrogens with one attached hydrogen (secondary N) is 1. The standard InChI is InChI=1S/C25H34ClN3O5S/c1-6-21(25(31)27-15-18(2)3)28(16-19-11-13-20(26)14-12-19)24(30)17-29(35(5,32)33)22-9-7-8-10-23(22)34-4/h7-14,18,21H,6,15-17H2,1-5H3,(H,27,31). The lowest BCUT2D eigenvalue weighted by atomic mass is 10.1. The molecular formula is C25H34ClN3O5S. The van der Waals surface area contributed by atoms with Crippen LogP contribution in [0.2, 0.25) is 5.02 Å². The molecule has 2 aromatic carbocycles. The molecule has 2 rings (SSSR count). The predicted octanol–water partition coefficient (Wildman–Crippen LogP) is 3.69. The largest absolute Gasteiger partial charge is 0.495 e. The number of anilines is 1. The highest BCUT2D eigenvalue weighted by molar-refractivity contribution is 7.92. The van der Waals surface area contributed by atoms with E-state index in [0.717, 1.165) is 16.1 Å². The van der Waals surface area contributed by atoms with E-state index in [1.807, 2.05) is 20.8 Å². The van der Waals surface area contributed by atoms with Crippen LogP contribution in [0.5, 0.6) is 5.75 Å². The Kier molecular flexibility index (Phi) is 10.4. The molecule has 2 amide bonds. The van der Waals surface area contributed by atoms with Crippen molar-refractivity contribution in [2.45, 2.75) is 39.8 Å². The van der Waals surface area contributed by atoms with Crippen molar-refractivity contribution in [3.8, 4) is 5.75 Å². The molecule has 192 valence electrons. The van der Waals surface area contributed by atoms with Gasteiger partial charge in [-0.25, -0.2) is 8.42 Å². The number of benzene rings is 2. The SMILES string of the molecule is CCC(C(=O)NCC(C)C)N(Cc1ccc(Cl)cc1)C(=O)CN(c1ccccc1OC)S(C)(=O)=O. The number of hydrogen-bond donors (Lipinski definition) is 1. The molecule has 0 aromatic heterocycles. The van der Waals surface area contributed by atoms with Crippen molar-refractivity contribution in [3.05, 3.63) is 59.1 Å². The van der Waals surface area contributed by atoms with Crippen LogP contribution >= 0.6 is 11.6 Å². The van der Waals surface area contributed by atoms with Gasteiger partial charge in [0, 0.05) is 18.1 Å². The summed E-state index contributed by atoms with van der Waals surface area (Å²) in [6.07, 6.45) is 1.39. The Morgan fingerprint density at radius 3 is 2.26 bits per heavy atom. The van der Waals surface area contributed by atoms with Crippen molar-refractivity contribution in [2.24, 2.45) is 5.92 Å². The summed E-state index contributed by atoms with van der Waals surface area (Å²) in [6.45, 7) is 5.88. The fourth-order valence-corrected chi connectivity index (χ4v) is 4.54. The first-order valence-electron chi connectivity index (χ1n) is 11.4. The number of sulfonamides is 1. The minimum atomic E-state index is -3.84. The number of hydrogen-bond acceptors (Lipinski definition) is 5. The van der Waals surface area contributed by atoms with Gasteiger partial charge in [-0.3, -0.25) is 13.9 Å². The molecule has 0 saturated heterocycles. The molecule has 0 aliphatic rings. The highest BCUT2D eigenvalue weighted by atomic mass is 35.5. The summed E-state index contributed by atoms with van der Waals surface area (Å²) in [5.74, 6) is -0.241. The molecular weight excluding hydrogens is 490 g/mol. The van der Waals surface area contributed by atoms with E-state index in [4.69, 9.17) is 16.3 Å². The molecule has 2 aromatic rings. The summed E-state index contributed by atoms with van der Waals surface area (Å²) in [7, 11) is -2.41. The quantitative estimate of drug-likeness (QED) is 0.457. The molecule has 0 spiro atoms. The fraction of sp³-hybridized carbons (Fsp3) is 0.440. The Morgan fingerprint density at radius 1 is 1.09 bits per heavy atom. The molecule has 35 heavy (non-hydrogen) atoms. The van der Waals surface area contributed by atoms with Gasteiger partial charge in [-0.15, -0.1) is 0 Å². The maximum absolute atomic E-state index is 13.7. The summed E-state index contributed by atoms with van der Waals surface area (Å²) >= 11 is 6.01.